The van der Waals surface area contributed by atoms with Crippen molar-refractivity contribution in [2.75, 3.05) is 0 Å². The van der Waals surface area contributed by atoms with Crippen LogP contribution in [0.2, 0.25) is 0 Å². The Kier molecular flexibility index (Phi) is 6.33. The average Bonchev–Trinajstić information content (AvgIpc) is 3.10. The number of hydrogen-bond acceptors (Lipinski definition) is 4. The number of carbonyl (C=O) groups excluding carboxylic acids is 2. The van der Waals surface area contributed by atoms with Crippen LogP contribution in [0.1, 0.15) is 70.4 Å². The second-order valence-corrected chi connectivity index (χ2v) is 9.18. The molecule has 0 bridgehead atoms. The minimum Gasteiger partial charge on any atom is -0.507 e. The van der Waals surface area contributed by atoms with E-state index in [0.717, 1.165) is 16.7 Å². The van der Waals surface area contributed by atoms with Crippen molar-refractivity contribution in [3.63, 3.8) is 0 Å². The molecule has 1 aromatic carbocycles. The van der Waals surface area contributed by atoms with Crippen molar-refractivity contribution in [3.05, 3.63) is 58.6 Å². The van der Waals surface area contributed by atoms with E-state index in [0.29, 0.717) is 18.5 Å². The van der Waals surface area contributed by atoms with E-state index in [9.17, 15) is 14.7 Å². The van der Waals surface area contributed by atoms with Crippen LogP contribution in [0.5, 0.6) is 5.75 Å². The lowest BCUT2D eigenvalue weighted by atomic mass is 9.78. The Labute approximate surface area is 167 Å². The Morgan fingerprint density at radius 3 is 2.07 bits per heavy atom. The van der Waals surface area contributed by atoms with Gasteiger partial charge in [0.2, 0.25) is 0 Å². The molecule has 0 amide bonds. The maximum Gasteiger partial charge on any atom is 0.166 e. The van der Waals surface area contributed by atoms with E-state index >= 15 is 0 Å². The SMILES string of the molecule is CC(C)(C)c1cc(C=C(C=O)C(=O)CCc2ccco2)cc(C(C)(C)C)c1O. The second kappa shape index (κ2) is 8.17. The monoisotopic (exact) mass is 382 g/mol. The van der Waals surface area contributed by atoms with Gasteiger partial charge in [0, 0.05) is 24.0 Å². The Balaban J connectivity index is 2.43. The molecule has 0 aliphatic rings. The molecule has 0 aliphatic carbocycles. The molecular formula is C24H30O4. The fourth-order valence-corrected chi connectivity index (χ4v) is 3.08. The van der Waals surface area contributed by atoms with Crippen molar-refractivity contribution < 1.29 is 19.1 Å². The summed E-state index contributed by atoms with van der Waals surface area (Å²) in [5.74, 6) is 0.760. The molecule has 150 valence electrons. The van der Waals surface area contributed by atoms with Crippen molar-refractivity contribution in [2.45, 2.75) is 65.2 Å². The molecule has 0 spiro atoms. The molecule has 28 heavy (non-hydrogen) atoms. The van der Waals surface area contributed by atoms with E-state index in [1.165, 1.54) is 0 Å². The van der Waals surface area contributed by atoms with E-state index in [-0.39, 0.29) is 34.4 Å². The van der Waals surface area contributed by atoms with Crippen LogP contribution < -0.4 is 0 Å². The van der Waals surface area contributed by atoms with E-state index in [4.69, 9.17) is 4.42 Å². The van der Waals surface area contributed by atoms with Gasteiger partial charge < -0.3 is 9.52 Å². The minimum absolute atomic E-state index is 0.122. The molecule has 2 rings (SSSR count). The number of aldehydes is 1. The Morgan fingerprint density at radius 2 is 1.64 bits per heavy atom. The number of Topliss-reactive ketones (excluding diaryl/α,β-unsaturated/α-hetero) is 1. The number of allylic oxidation sites excluding steroid dienone is 1. The molecule has 4 nitrogen and oxygen atoms in total. The first-order valence-corrected chi connectivity index (χ1v) is 9.54. The predicted molar refractivity (Wildman–Crippen MR) is 112 cm³/mol. The number of furan rings is 1. The van der Waals surface area contributed by atoms with Crippen LogP contribution in [0.15, 0.2) is 40.5 Å². The van der Waals surface area contributed by atoms with Crippen LogP contribution in [0.3, 0.4) is 0 Å². The molecule has 0 unspecified atom stereocenters. The van der Waals surface area contributed by atoms with Crippen LogP contribution in [0.25, 0.3) is 6.08 Å². The highest BCUT2D eigenvalue weighted by Crippen LogP contribution is 2.40. The molecule has 4 heteroatoms. The minimum atomic E-state index is -0.279. The van der Waals surface area contributed by atoms with E-state index in [1.807, 2.05) is 59.7 Å². The third kappa shape index (κ3) is 5.22. The van der Waals surface area contributed by atoms with Crippen molar-refractivity contribution in [3.8, 4) is 5.75 Å². The summed E-state index contributed by atoms with van der Waals surface area (Å²) >= 11 is 0. The molecule has 1 heterocycles. The van der Waals surface area contributed by atoms with Gasteiger partial charge in [-0.2, -0.15) is 0 Å². The van der Waals surface area contributed by atoms with Gasteiger partial charge in [-0.25, -0.2) is 0 Å². The Bertz CT molecular complexity index is 837. The highest BCUT2D eigenvalue weighted by atomic mass is 16.3. The van der Waals surface area contributed by atoms with Crippen molar-refractivity contribution in [2.24, 2.45) is 0 Å². The number of phenolic OH excluding ortho intramolecular Hbond substituents is 1. The highest BCUT2D eigenvalue weighted by Gasteiger charge is 2.26. The molecule has 1 N–H and O–H groups in total. The molecule has 0 radical (unpaired) electrons. The third-order valence-corrected chi connectivity index (χ3v) is 4.70. The molecule has 0 fully saturated rings. The summed E-state index contributed by atoms with van der Waals surface area (Å²) in [6.45, 7) is 12.1. The van der Waals surface area contributed by atoms with Crippen LogP contribution in [-0.2, 0) is 26.8 Å². The zero-order valence-electron chi connectivity index (χ0n) is 17.6. The second-order valence-electron chi connectivity index (χ2n) is 9.18. The van der Waals surface area contributed by atoms with E-state index in [1.54, 1.807) is 18.4 Å². The summed E-state index contributed by atoms with van der Waals surface area (Å²) in [4.78, 5) is 24.1. The first-order chi connectivity index (χ1) is 12.9. The number of rotatable bonds is 6. The fraction of sp³-hybridized carbons (Fsp3) is 0.417. The van der Waals surface area contributed by atoms with Gasteiger partial charge in [0.1, 0.15) is 11.5 Å². The number of ketones is 1. The van der Waals surface area contributed by atoms with Crippen LogP contribution in [0.4, 0.5) is 0 Å². The zero-order valence-corrected chi connectivity index (χ0v) is 17.6. The Hall–Kier alpha value is -2.62. The molecule has 0 atom stereocenters. The normalized spacial score (nSPS) is 12.9. The van der Waals surface area contributed by atoms with Gasteiger partial charge in [-0.3, -0.25) is 9.59 Å². The van der Waals surface area contributed by atoms with Gasteiger partial charge in [-0.05, 0) is 46.7 Å². The van der Waals surface area contributed by atoms with Gasteiger partial charge in [0.15, 0.2) is 12.1 Å². The van der Waals surface area contributed by atoms with Gasteiger partial charge >= 0.3 is 0 Å². The number of hydrogen-bond donors (Lipinski definition) is 1. The van der Waals surface area contributed by atoms with Crippen LogP contribution >= 0.6 is 0 Å². The van der Waals surface area contributed by atoms with Gasteiger partial charge in [0.25, 0.3) is 0 Å². The van der Waals surface area contributed by atoms with Gasteiger partial charge in [0.05, 0.1) is 11.8 Å². The maximum atomic E-state index is 12.5. The summed E-state index contributed by atoms with van der Waals surface area (Å²) in [6.07, 6.45) is 4.43. The topological polar surface area (TPSA) is 67.5 Å². The standard InChI is InChI=1S/C24H30O4/c1-23(2,3)19-13-16(14-20(22(19)27)24(4,5)6)12-17(15-25)21(26)10-9-18-8-7-11-28-18/h7-8,11-15,27H,9-10H2,1-6H3. The highest BCUT2D eigenvalue weighted by molar-refractivity contribution is 6.15. The number of phenols is 1. The van der Waals surface area contributed by atoms with Crippen molar-refractivity contribution in [1.82, 2.24) is 0 Å². The van der Waals surface area contributed by atoms with Gasteiger partial charge in [-0.15, -0.1) is 0 Å². The van der Waals surface area contributed by atoms with Crippen LogP contribution in [-0.4, -0.2) is 17.2 Å². The first kappa shape index (κ1) is 21.7. The van der Waals surface area contributed by atoms with Gasteiger partial charge in [-0.1, -0.05) is 41.5 Å². The van der Waals surface area contributed by atoms with Crippen molar-refractivity contribution in [1.29, 1.82) is 0 Å². The van der Waals surface area contributed by atoms with Crippen molar-refractivity contribution >= 4 is 18.1 Å². The first-order valence-electron chi connectivity index (χ1n) is 9.54. The van der Waals surface area contributed by atoms with E-state index < -0.39 is 0 Å². The number of carbonyl (C=O) groups is 2. The summed E-state index contributed by atoms with van der Waals surface area (Å²) in [5, 5.41) is 10.8. The summed E-state index contributed by atoms with van der Waals surface area (Å²) in [6, 6.07) is 7.29. The Morgan fingerprint density at radius 1 is 1.07 bits per heavy atom. The lowest BCUT2D eigenvalue weighted by Crippen LogP contribution is -2.17. The third-order valence-electron chi connectivity index (χ3n) is 4.70. The lowest BCUT2D eigenvalue weighted by Gasteiger charge is -2.28. The summed E-state index contributed by atoms with van der Waals surface area (Å²) in [5.41, 5.74) is 1.88. The van der Waals surface area contributed by atoms with Crippen LogP contribution in [0, 0.1) is 0 Å². The number of aromatic hydroxyl groups is 1. The lowest BCUT2D eigenvalue weighted by molar-refractivity contribution is -0.117. The maximum absolute atomic E-state index is 12.5. The molecule has 1 aromatic heterocycles. The molecule has 0 saturated carbocycles. The predicted octanol–water partition coefficient (Wildman–Crippen LogP) is 5.36. The van der Waals surface area contributed by atoms with E-state index in [2.05, 4.69) is 0 Å². The average molecular weight is 383 g/mol. The largest absolute Gasteiger partial charge is 0.507 e. The summed E-state index contributed by atoms with van der Waals surface area (Å²) in [7, 11) is 0. The number of aryl methyl sites for hydroxylation is 1. The number of benzene rings is 1. The fourth-order valence-electron chi connectivity index (χ4n) is 3.08. The molecule has 0 saturated heterocycles. The zero-order chi connectivity index (χ0) is 21.1. The quantitative estimate of drug-likeness (QED) is 0.316. The molecular weight excluding hydrogens is 352 g/mol. The molecule has 0 aliphatic heterocycles. The smallest absolute Gasteiger partial charge is 0.166 e. The molecule has 2 aromatic rings. The summed E-state index contributed by atoms with van der Waals surface area (Å²) < 4.78 is 5.25.